The van der Waals surface area contributed by atoms with Crippen molar-refractivity contribution in [2.24, 2.45) is 0 Å². The molecule has 5 heteroatoms. The summed E-state index contributed by atoms with van der Waals surface area (Å²) in [6, 6.07) is 3.36. The van der Waals surface area contributed by atoms with Crippen LogP contribution in [0.2, 0.25) is 0 Å². The topological polar surface area (TPSA) is 59.4 Å². The van der Waals surface area contributed by atoms with Gasteiger partial charge in [-0.1, -0.05) is 0 Å². The van der Waals surface area contributed by atoms with Gasteiger partial charge >= 0.3 is 5.97 Å². The Labute approximate surface area is 83.8 Å². The quantitative estimate of drug-likeness (QED) is 0.821. The average molecular weight is 209 g/mol. The van der Waals surface area contributed by atoms with Gasteiger partial charge in [-0.05, 0) is 12.1 Å². The van der Waals surface area contributed by atoms with E-state index in [1.165, 1.54) is 18.4 Å². The van der Waals surface area contributed by atoms with Crippen LogP contribution < -0.4 is 4.74 Å². The van der Waals surface area contributed by atoms with Crippen LogP contribution in [-0.4, -0.2) is 23.2 Å². The summed E-state index contributed by atoms with van der Waals surface area (Å²) in [5.74, 6) is -0.619. The van der Waals surface area contributed by atoms with Gasteiger partial charge in [-0.3, -0.25) is 0 Å². The summed E-state index contributed by atoms with van der Waals surface area (Å²) in [6.07, 6.45) is 0. The molecule has 0 unspecified atom stereocenters. The maximum absolute atomic E-state index is 11.0. The highest BCUT2D eigenvalue weighted by Crippen LogP contribution is 2.29. The van der Waals surface area contributed by atoms with E-state index in [4.69, 9.17) is 9.84 Å². The first-order valence-corrected chi connectivity index (χ1v) is 4.75. The molecule has 2 aromatic rings. The molecule has 14 heavy (non-hydrogen) atoms. The number of methoxy groups -OCH3 is 1. The lowest BCUT2D eigenvalue weighted by Gasteiger charge is -2.04. The second-order valence-corrected chi connectivity index (χ2v) is 3.50. The first kappa shape index (κ1) is 8.96. The predicted octanol–water partition coefficient (Wildman–Crippen LogP) is 2.00. The van der Waals surface area contributed by atoms with Crippen molar-refractivity contribution < 1.29 is 14.6 Å². The Morgan fingerprint density at radius 2 is 2.36 bits per heavy atom. The fourth-order valence-corrected chi connectivity index (χ4v) is 2.10. The summed E-state index contributed by atoms with van der Waals surface area (Å²) in [4.78, 5) is 15.0. The van der Waals surface area contributed by atoms with Crippen LogP contribution in [0, 0.1) is 0 Å². The summed E-state index contributed by atoms with van der Waals surface area (Å²) < 4.78 is 5.63. The van der Waals surface area contributed by atoms with Crippen molar-refractivity contribution in [2.45, 2.75) is 0 Å². The number of nitrogens with zero attached hydrogens (tertiary/aromatic N) is 1. The lowest BCUT2D eigenvalue weighted by molar-refractivity contribution is 0.0696. The molecule has 2 rings (SSSR count). The predicted molar refractivity (Wildman–Crippen MR) is 53.1 cm³/mol. The summed E-state index contributed by atoms with van der Waals surface area (Å²) in [5.41, 5.74) is 2.50. The number of carboxylic acid groups (broad SMARTS) is 1. The fourth-order valence-electron chi connectivity index (χ4n) is 1.28. The summed E-state index contributed by atoms with van der Waals surface area (Å²) in [6.45, 7) is 0. The maximum atomic E-state index is 11.0. The second kappa shape index (κ2) is 3.26. The van der Waals surface area contributed by atoms with E-state index in [0.717, 1.165) is 0 Å². The summed E-state index contributed by atoms with van der Waals surface area (Å²) in [5, 5.41) is 9.01. The Morgan fingerprint density at radius 1 is 1.57 bits per heavy atom. The Kier molecular flexibility index (Phi) is 2.09. The smallest absolute Gasteiger partial charge is 0.341 e. The monoisotopic (exact) mass is 209 g/mol. The minimum Gasteiger partial charge on any atom is -0.496 e. The minimum atomic E-state index is -0.989. The average Bonchev–Trinajstić information content (AvgIpc) is 2.62. The molecule has 1 aromatic heterocycles. The highest BCUT2D eigenvalue weighted by molar-refractivity contribution is 7.17. The number of fused-ring (bicyclic) bond motifs is 1. The number of thiazole rings is 1. The molecule has 72 valence electrons. The van der Waals surface area contributed by atoms with Gasteiger partial charge in [-0.2, -0.15) is 0 Å². The van der Waals surface area contributed by atoms with Crippen molar-refractivity contribution in [1.29, 1.82) is 0 Å². The molecule has 0 aliphatic carbocycles. The zero-order valence-electron chi connectivity index (χ0n) is 7.35. The highest BCUT2D eigenvalue weighted by atomic mass is 32.1. The van der Waals surface area contributed by atoms with Crippen LogP contribution in [0.1, 0.15) is 10.4 Å². The van der Waals surface area contributed by atoms with Crippen LogP contribution in [0.25, 0.3) is 10.2 Å². The van der Waals surface area contributed by atoms with E-state index >= 15 is 0 Å². The van der Waals surface area contributed by atoms with Crippen LogP contribution in [-0.2, 0) is 0 Å². The van der Waals surface area contributed by atoms with Crippen molar-refractivity contribution in [3.8, 4) is 5.75 Å². The molecule has 0 saturated carbocycles. The third-order valence-corrected chi connectivity index (χ3v) is 2.75. The van der Waals surface area contributed by atoms with Gasteiger partial charge in [0.15, 0.2) is 0 Å². The SMILES string of the molecule is COc1ccc2ncsc2c1C(=O)O. The molecule has 0 radical (unpaired) electrons. The minimum absolute atomic E-state index is 0.188. The molecule has 0 bridgehead atoms. The number of ether oxygens (including phenoxy) is 1. The molecular formula is C9H7NO3S. The number of rotatable bonds is 2. The van der Waals surface area contributed by atoms with Gasteiger partial charge in [-0.25, -0.2) is 9.78 Å². The van der Waals surface area contributed by atoms with Crippen LogP contribution >= 0.6 is 11.3 Å². The molecule has 0 aliphatic rings. The number of hydrogen-bond donors (Lipinski definition) is 1. The molecular weight excluding hydrogens is 202 g/mol. The highest BCUT2D eigenvalue weighted by Gasteiger charge is 2.16. The first-order chi connectivity index (χ1) is 6.74. The van der Waals surface area contributed by atoms with E-state index in [1.807, 2.05) is 0 Å². The molecule has 0 fully saturated rings. The molecule has 0 saturated heterocycles. The lowest BCUT2D eigenvalue weighted by atomic mass is 10.2. The van der Waals surface area contributed by atoms with Gasteiger partial charge in [0.25, 0.3) is 0 Å². The van der Waals surface area contributed by atoms with Crippen molar-refractivity contribution in [1.82, 2.24) is 4.98 Å². The first-order valence-electron chi connectivity index (χ1n) is 3.87. The van der Waals surface area contributed by atoms with E-state index in [-0.39, 0.29) is 5.56 Å². The van der Waals surface area contributed by atoms with E-state index in [2.05, 4.69) is 4.98 Å². The second-order valence-electron chi connectivity index (χ2n) is 2.65. The third kappa shape index (κ3) is 1.22. The van der Waals surface area contributed by atoms with Gasteiger partial charge in [0.05, 0.1) is 22.8 Å². The van der Waals surface area contributed by atoms with E-state index < -0.39 is 5.97 Å². The molecule has 0 spiro atoms. The zero-order valence-corrected chi connectivity index (χ0v) is 8.17. The van der Waals surface area contributed by atoms with Crippen LogP contribution in [0.5, 0.6) is 5.75 Å². The summed E-state index contributed by atoms with van der Waals surface area (Å²) in [7, 11) is 1.45. The molecule has 1 N–H and O–H groups in total. The number of aromatic nitrogens is 1. The van der Waals surface area contributed by atoms with Crippen molar-refractivity contribution in [3.63, 3.8) is 0 Å². The Balaban J connectivity index is 2.82. The molecule has 0 aliphatic heterocycles. The Morgan fingerprint density at radius 3 is 3.00 bits per heavy atom. The van der Waals surface area contributed by atoms with Crippen molar-refractivity contribution >= 4 is 27.5 Å². The number of carbonyl (C=O) groups is 1. The maximum Gasteiger partial charge on any atom is 0.341 e. The molecule has 1 aromatic carbocycles. The molecule has 4 nitrogen and oxygen atoms in total. The van der Waals surface area contributed by atoms with Crippen LogP contribution in [0.4, 0.5) is 0 Å². The van der Waals surface area contributed by atoms with Gasteiger partial charge in [0.2, 0.25) is 0 Å². The zero-order chi connectivity index (χ0) is 10.1. The van der Waals surface area contributed by atoms with Crippen molar-refractivity contribution in [3.05, 3.63) is 23.2 Å². The van der Waals surface area contributed by atoms with Gasteiger partial charge in [-0.15, -0.1) is 11.3 Å². The third-order valence-electron chi connectivity index (χ3n) is 1.89. The number of hydrogen-bond acceptors (Lipinski definition) is 4. The Hall–Kier alpha value is -1.62. The van der Waals surface area contributed by atoms with Crippen molar-refractivity contribution in [2.75, 3.05) is 7.11 Å². The summed E-state index contributed by atoms with van der Waals surface area (Å²) >= 11 is 1.30. The fraction of sp³-hybridized carbons (Fsp3) is 0.111. The van der Waals surface area contributed by atoms with Gasteiger partial charge in [0, 0.05) is 0 Å². The number of carboxylic acids is 1. The molecule has 0 amide bonds. The molecule has 0 atom stereocenters. The Bertz CT molecular complexity index is 492. The van der Waals surface area contributed by atoms with Gasteiger partial charge < -0.3 is 9.84 Å². The van der Waals surface area contributed by atoms with E-state index in [0.29, 0.717) is 16.0 Å². The van der Waals surface area contributed by atoms with E-state index in [9.17, 15) is 4.79 Å². The van der Waals surface area contributed by atoms with Crippen LogP contribution in [0.15, 0.2) is 17.6 Å². The van der Waals surface area contributed by atoms with Crippen LogP contribution in [0.3, 0.4) is 0 Å². The standard InChI is InChI=1S/C9H7NO3S/c1-13-6-3-2-5-8(14-4-10-5)7(6)9(11)12/h2-4H,1H3,(H,11,12). The lowest BCUT2D eigenvalue weighted by Crippen LogP contribution is -2.00. The largest absolute Gasteiger partial charge is 0.496 e. The number of benzene rings is 1. The van der Waals surface area contributed by atoms with Gasteiger partial charge in [0.1, 0.15) is 11.3 Å². The molecule has 1 heterocycles. The number of aromatic carboxylic acids is 1. The van der Waals surface area contributed by atoms with E-state index in [1.54, 1.807) is 17.6 Å². The normalized spacial score (nSPS) is 10.4.